The lowest BCUT2D eigenvalue weighted by Gasteiger charge is -2.15. The Morgan fingerprint density at radius 2 is 1.44 bits per heavy atom. The van der Waals surface area contributed by atoms with Crippen LogP contribution in [-0.2, 0) is 0 Å². The van der Waals surface area contributed by atoms with Crippen molar-refractivity contribution >= 4 is 0 Å². The van der Waals surface area contributed by atoms with Gasteiger partial charge in [0.1, 0.15) is 0 Å². The second-order valence-corrected chi connectivity index (χ2v) is 5.47. The SMILES string of the molecule is C.CCCC(C)(C)C.Cc1cccc(C)c1. The summed E-state index contributed by atoms with van der Waals surface area (Å²) in [5.41, 5.74) is 3.23. The van der Waals surface area contributed by atoms with Crippen LogP contribution in [-0.4, -0.2) is 0 Å². The summed E-state index contributed by atoms with van der Waals surface area (Å²) in [5, 5.41) is 0. The largest absolute Gasteiger partial charge is 0.0776 e. The first-order valence-corrected chi connectivity index (χ1v) is 5.88. The fourth-order valence-electron chi connectivity index (χ4n) is 1.56. The van der Waals surface area contributed by atoms with E-state index in [0.717, 1.165) is 0 Å². The molecule has 0 saturated carbocycles. The average Bonchev–Trinajstić information content (AvgIpc) is 2.01. The van der Waals surface area contributed by atoms with Gasteiger partial charge in [-0.25, -0.2) is 0 Å². The smallest absolute Gasteiger partial charge is 0.0383 e. The van der Waals surface area contributed by atoms with Gasteiger partial charge in [0.15, 0.2) is 0 Å². The van der Waals surface area contributed by atoms with Crippen molar-refractivity contribution in [3.05, 3.63) is 35.4 Å². The van der Waals surface area contributed by atoms with Crippen LogP contribution in [0.15, 0.2) is 24.3 Å². The highest BCUT2D eigenvalue weighted by molar-refractivity contribution is 5.20. The molecule has 0 bridgehead atoms. The van der Waals surface area contributed by atoms with Crippen molar-refractivity contribution < 1.29 is 0 Å². The average molecular weight is 222 g/mol. The Morgan fingerprint density at radius 3 is 1.56 bits per heavy atom. The van der Waals surface area contributed by atoms with Crippen LogP contribution in [0.5, 0.6) is 0 Å². The zero-order valence-electron chi connectivity index (χ0n) is 11.2. The molecule has 0 unspecified atom stereocenters. The van der Waals surface area contributed by atoms with Gasteiger partial charge in [-0.05, 0) is 25.7 Å². The standard InChI is InChI=1S/C8H10.C7H16.CH4/c1-7-4-3-5-8(2)6-7;1-5-6-7(2,3)4;/h3-6H,1-2H3;5-6H2,1-4H3;1H4. The molecule has 94 valence electrons. The highest BCUT2D eigenvalue weighted by Gasteiger charge is 2.06. The van der Waals surface area contributed by atoms with Crippen LogP contribution < -0.4 is 0 Å². The van der Waals surface area contributed by atoms with E-state index in [9.17, 15) is 0 Å². The quantitative estimate of drug-likeness (QED) is 0.565. The Kier molecular flexibility index (Phi) is 9.22. The molecule has 0 nitrogen and oxygen atoms in total. The van der Waals surface area contributed by atoms with Gasteiger partial charge < -0.3 is 0 Å². The summed E-state index contributed by atoms with van der Waals surface area (Å²) in [6.07, 6.45) is 2.65. The van der Waals surface area contributed by atoms with Crippen molar-refractivity contribution in [1.82, 2.24) is 0 Å². The Hall–Kier alpha value is -0.780. The second kappa shape index (κ2) is 8.38. The third-order valence-electron chi connectivity index (χ3n) is 2.17. The van der Waals surface area contributed by atoms with E-state index in [-0.39, 0.29) is 7.43 Å². The molecular weight excluding hydrogens is 192 g/mol. The minimum atomic E-state index is 0. The molecule has 1 aromatic rings. The van der Waals surface area contributed by atoms with Crippen molar-refractivity contribution in [3.8, 4) is 0 Å². The van der Waals surface area contributed by atoms with E-state index >= 15 is 0 Å². The van der Waals surface area contributed by atoms with Gasteiger partial charge in [-0.15, -0.1) is 0 Å². The van der Waals surface area contributed by atoms with Crippen LogP contribution in [0.4, 0.5) is 0 Å². The Bertz CT molecular complexity index is 248. The number of aryl methyl sites for hydroxylation is 2. The predicted octanol–water partition coefficient (Wildman–Crippen LogP) is 5.77. The van der Waals surface area contributed by atoms with Crippen LogP contribution in [0, 0.1) is 19.3 Å². The lowest BCUT2D eigenvalue weighted by atomic mass is 9.91. The number of hydrogen-bond acceptors (Lipinski definition) is 0. The van der Waals surface area contributed by atoms with Gasteiger partial charge in [-0.1, -0.05) is 76.9 Å². The minimum absolute atomic E-state index is 0. The highest BCUT2D eigenvalue weighted by Crippen LogP contribution is 2.19. The van der Waals surface area contributed by atoms with Crippen molar-refractivity contribution in [2.75, 3.05) is 0 Å². The van der Waals surface area contributed by atoms with Gasteiger partial charge in [0.2, 0.25) is 0 Å². The zero-order chi connectivity index (χ0) is 11.9. The zero-order valence-corrected chi connectivity index (χ0v) is 11.2. The maximum atomic E-state index is 2.27. The summed E-state index contributed by atoms with van der Waals surface area (Å²) in [6, 6.07) is 8.45. The molecule has 0 fully saturated rings. The van der Waals surface area contributed by atoms with E-state index in [2.05, 4.69) is 65.8 Å². The molecule has 0 radical (unpaired) electrons. The van der Waals surface area contributed by atoms with Crippen molar-refractivity contribution in [1.29, 1.82) is 0 Å². The molecule has 0 heteroatoms. The Balaban J connectivity index is 0. The number of hydrogen-bond donors (Lipinski definition) is 0. The number of benzene rings is 1. The summed E-state index contributed by atoms with van der Waals surface area (Å²) >= 11 is 0. The summed E-state index contributed by atoms with van der Waals surface area (Å²) in [4.78, 5) is 0. The van der Waals surface area contributed by atoms with Crippen molar-refractivity contribution in [2.45, 2.75) is 61.8 Å². The molecule has 0 aliphatic heterocycles. The van der Waals surface area contributed by atoms with Crippen LogP contribution in [0.25, 0.3) is 0 Å². The van der Waals surface area contributed by atoms with Gasteiger partial charge in [-0.2, -0.15) is 0 Å². The molecule has 0 N–H and O–H groups in total. The molecule has 0 atom stereocenters. The molecule has 16 heavy (non-hydrogen) atoms. The summed E-state index contributed by atoms with van der Waals surface area (Å²) in [5.74, 6) is 0. The first kappa shape index (κ1) is 17.6. The molecule has 0 aromatic heterocycles. The van der Waals surface area contributed by atoms with Crippen molar-refractivity contribution in [2.24, 2.45) is 5.41 Å². The van der Waals surface area contributed by atoms with Gasteiger partial charge in [-0.3, -0.25) is 0 Å². The third-order valence-corrected chi connectivity index (χ3v) is 2.17. The first-order valence-electron chi connectivity index (χ1n) is 5.88. The topological polar surface area (TPSA) is 0 Å². The van der Waals surface area contributed by atoms with Gasteiger partial charge in [0.05, 0.1) is 0 Å². The van der Waals surface area contributed by atoms with E-state index in [0.29, 0.717) is 5.41 Å². The van der Waals surface area contributed by atoms with E-state index in [1.54, 1.807) is 0 Å². The van der Waals surface area contributed by atoms with Gasteiger partial charge in [0.25, 0.3) is 0 Å². The predicted molar refractivity (Wildman–Crippen MR) is 77.0 cm³/mol. The molecule has 0 saturated heterocycles. The molecular formula is C16H30. The maximum absolute atomic E-state index is 2.27. The van der Waals surface area contributed by atoms with E-state index < -0.39 is 0 Å². The molecule has 0 aliphatic rings. The van der Waals surface area contributed by atoms with Crippen LogP contribution in [0.3, 0.4) is 0 Å². The van der Waals surface area contributed by atoms with E-state index in [1.165, 1.54) is 24.0 Å². The van der Waals surface area contributed by atoms with Crippen molar-refractivity contribution in [3.63, 3.8) is 0 Å². The molecule has 0 heterocycles. The molecule has 1 aromatic carbocycles. The van der Waals surface area contributed by atoms with Gasteiger partial charge in [0, 0.05) is 0 Å². The highest BCUT2D eigenvalue weighted by atomic mass is 14.1. The molecule has 0 aliphatic carbocycles. The Morgan fingerprint density at radius 1 is 1.00 bits per heavy atom. The molecule has 1 rings (SSSR count). The minimum Gasteiger partial charge on any atom is -0.0776 e. The molecule has 0 spiro atoms. The Labute approximate surface area is 103 Å². The van der Waals surface area contributed by atoms with Crippen LogP contribution >= 0.6 is 0 Å². The summed E-state index contributed by atoms with van der Waals surface area (Å²) in [7, 11) is 0. The van der Waals surface area contributed by atoms with Gasteiger partial charge >= 0.3 is 0 Å². The second-order valence-electron chi connectivity index (χ2n) is 5.47. The fraction of sp³-hybridized carbons (Fsp3) is 0.625. The first-order chi connectivity index (χ1) is 6.85. The maximum Gasteiger partial charge on any atom is -0.0383 e. The lowest BCUT2D eigenvalue weighted by molar-refractivity contribution is 0.373. The summed E-state index contributed by atoms with van der Waals surface area (Å²) in [6.45, 7) is 13.3. The lowest BCUT2D eigenvalue weighted by Crippen LogP contribution is -2.02. The van der Waals surface area contributed by atoms with E-state index in [1.807, 2.05) is 0 Å². The van der Waals surface area contributed by atoms with Crippen LogP contribution in [0.1, 0.15) is 59.1 Å². The third kappa shape index (κ3) is 11.3. The van der Waals surface area contributed by atoms with E-state index in [4.69, 9.17) is 0 Å². The number of rotatable bonds is 1. The summed E-state index contributed by atoms with van der Waals surface area (Å²) < 4.78 is 0. The van der Waals surface area contributed by atoms with Crippen LogP contribution in [0.2, 0.25) is 0 Å². The molecule has 0 amide bonds. The monoisotopic (exact) mass is 222 g/mol. The fourth-order valence-corrected chi connectivity index (χ4v) is 1.56. The normalized spacial score (nSPS) is 9.88.